The fourth-order valence-electron chi connectivity index (χ4n) is 1.63. The summed E-state index contributed by atoms with van der Waals surface area (Å²) in [5.41, 5.74) is 6.56. The number of nitrogens with one attached hydrogen (secondary N) is 1. The number of nitrogens with zero attached hydrogens (tertiary/aromatic N) is 2. The Hall–Kier alpha value is -1.66. The van der Waals surface area contributed by atoms with Crippen LogP contribution in [0.2, 0.25) is 0 Å². The molecule has 0 saturated carbocycles. The SMILES string of the molecule is CC(C)(CN)NC(=O)c1cnn(-c2cccc(Br)c2)c1. The number of nitrogens with two attached hydrogens (primary N) is 1. The molecule has 2 rings (SSSR count). The van der Waals surface area contributed by atoms with Crippen molar-refractivity contribution in [3.05, 3.63) is 46.7 Å². The van der Waals surface area contributed by atoms with Gasteiger partial charge in [-0.1, -0.05) is 22.0 Å². The van der Waals surface area contributed by atoms with Gasteiger partial charge in [0.1, 0.15) is 0 Å². The second-order valence-electron chi connectivity index (χ2n) is 5.20. The van der Waals surface area contributed by atoms with Crippen LogP contribution in [-0.2, 0) is 0 Å². The van der Waals surface area contributed by atoms with Crippen molar-refractivity contribution in [3.8, 4) is 5.69 Å². The van der Waals surface area contributed by atoms with Crippen molar-refractivity contribution in [1.29, 1.82) is 0 Å². The summed E-state index contributed by atoms with van der Waals surface area (Å²) in [6.45, 7) is 4.13. The Balaban J connectivity index is 2.19. The third-order valence-electron chi connectivity index (χ3n) is 2.88. The molecule has 1 aromatic carbocycles. The Labute approximate surface area is 126 Å². The van der Waals surface area contributed by atoms with Crippen LogP contribution in [-0.4, -0.2) is 27.8 Å². The van der Waals surface area contributed by atoms with Crippen LogP contribution in [0.25, 0.3) is 5.69 Å². The molecule has 5 nitrogen and oxygen atoms in total. The molecule has 3 N–H and O–H groups in total. The largest absolute Gasteiger partial charge is 0.346 e. The smallest absolute Gasteiger partial charge is 0.254 e. The van der Waals surface area contributed by atoms with Crippen LogP contribution in [0, 0.1) is 0 Å². The molecule has 0 spiro atoms. The second-order valence-corrected chi connectivity index (χ2v) is 6.11. The predicted octanol–water partition coefficient (Wildman–Crippen LogP) is 2.10. The van der Waals surface area contributed by atoms with Crippen molar-refractivity contribution in [2.24, 2.45) is 5.73 Å². The van der Waals surface area contributed by atoms with Crippen LogP contribution >= 0.6 is 15.9 Å². The van der Waals surface area contributed by atoms with Gasteiger partial charge in [0.2, 0.25) is 0 Å². The van der Waals surface area contributed by atoms with Crippen molar-refractivity contribution in [1.82, 2.24) is 15.1 Å². The van der Waals surface area contributed by atoms with E-state index in [1.54, 1.807) is 17.1 Å². The first-order valence-electron chi connectivity index (χ1n) is 6.24. The molecule has 1 aromatic heterocycles. The predicted molar refractivity (Wildman–Crippen MR) is 81.9 cm³/mol. The average Bonchev–Trinajstić information content (AvgIpc) is 2.88. The van der Waals surface area contributed by atoms with E-state index in [1.165, 1.54) is 0 Å². The highest BCUT2D eigenvalue weighted by Crippen LogP contribution is 2.15. The lowest BCUT2D eigenvalue weighted by Gasteiger charge is -2.23. The molecule has 0 atom stereocenters. The van der Waals surface area contributed by atoms with E-state index in [4.69, 9.17) is 5.73 Å². The molecule has 0 fully saturated rings. The Morgan fingerprint density at radius 3 is 2.90 bits per heavy atom. The first-order valence-corrected chi connectivity index (χ1v) is 7.04. The summed E-state index contributed by atoms with van der Waals surface area (Å²) < 4.78 is 2.62. The molecule has 0 aliphatic rings. The van der Waals surface area contributed by atoms with Gasteiger partial charge in [0, 0.05) is 22.8 Å². The van der Waals surface area contributed by atoms with Crippen molar-refractivity contribution < 1.29 is 4.79 Å². The molecule has 0 bridgehead atoms. The molecule has 6 heteroatoms. The third kappa shape index (κ3) is 3.46. The summed E-state index contributed by atoms with van der Waals surface area (Å²) in [5, 5.41) is 7.08. The summed E-state index contributed by atoms with van der Waals surface area (Å²) in [6, 6.07) is 7.70. The van der Waals surface area contributed by atoms with Crippen LogP contribution in [0.1, 0.15) is 24.2 Å². The molecule has 2 aromatic rings. The van der Waals surface area contributed by atoms with Gasteiger partial charge in [0.25, 0.3) is 5.91 Å². The number of carbonyl (C=O) groups is 1. The van der Waals surface area contributed by atoms with Crippen LogP contribution in [0.4, 0.5) is 0 Å². The quantitative estimate of drug-likeness (QED) is 0.897. The molecule has 0 radical (unpaired) electrons. The number of hydrogen-bond donors (Lipinski definition) is 2. The minimum Gasteiger partial charge on any atom is -0.346 e. The zero-order valence-corrected chi connectivity index (χ0v) is 13.0. The van der Waals surface area contributed by atoms with Gasteiger partial charge < -0.3 is 11.1 Å². The molecule has 106 valence electrons. The number of carbonyl (C=O) groups excluding carboxylic acids is 1. The average molecular weight is 337 g/mol. The van der Waals surface area contributed by atoms with E-state index < -0.39 is 5.54 Å². The summed E-state index contributed by atoms with van der Waals surface area (Å²) >= 11 is 3.41. The fraction of sp³-hybridized carbons (Fsp3) is 0.286. The zero-order valence-electron chi connectivity index (χ0n) is 11.4. The number of benzene rings is 1. The number of halogens is 1. The summed E-state index contributed by atoms with van der Waals surface area (Å²) in [6.07, 6.45) is 3.24. The van der Waals surface area contributed by atoms with E-state index in [0.29, 0.717) is 12.1 Å². The van der Waals surface area contributed by atoms with E-state index in [0.717, 1.165) is 10.2 Å². The Morgan fingerprint density at radius 2 is 2.25 bits per heavy atom. The lowest BCUT2D eigenvalue weighted by molar-refractivity contribution is 0.0915. The highest BCUT2D eigenvalue weighted by atomic mass is 79.9. The molecule has 0 saturated heterocycles. The van der Waals surface area contributed by atoms with Crippen molar-refractivity contribution >= 4 is 21.8 Å². The van der Waals surface area contributed by atoms with E-state index in [9.17, 15) is 4.79 Å². The van der Waals surface area contributed by atoms with E-state index >= 15 is 0 Å². The lowest BCUT2D eigenvalue weighted by Crippen LogP contribution is -2.48. The summed E-state index contributed by atoms with van der Waals surface area (Å²) in [4.78, 5) is 12.1. The van der Waals surface area contributed by atoms with Gasteiger partial charge in [-0.05, 0) is 32.0 Å². The lowest BCUT2D eigenvalue weighted by atomic mass is 10.1. The van der Waals surface area contributed by atoms with Gasteiger partial charge in [-0.3, -0.25) is 4.79 Å². The fourth-order valence-corrected chi connectivity index (χ4v) is 2.02. The third-order valence-corrected chi connectivity index (χ3v) is 3.37. The Kier molecular flexibility index (Phi) is 4.25. The molecule has 0 unspecified atom stereocenters. The Morgan fingerprint density at radius 1 is 1.50 bits per heavy atom. The topological polar surface area (TPSA) is 72.9 Å². The first-order chi connectivity index (χ1) is 9.41. The van der Waals surface area contributed by atoms with Crippen molar-refractivity contribution in [2.45, 2.75) is 19.4 Å². The van der Waals surface area contributed by atoms with Crippen LogP contribution in [0.3, 0.4) is 0 Å². The van der Waals surface area contributed by atoms with Gasteiger partial charge >= 0.3 is 0 Å². The minimum atomic E-state index is -0.436. The van der Waals surface area contributed by atoms with Gasteiger partial charge in [-0.25, -0.2) is 4.68 Å². The maximum absolute atomic E-state index is 12.1. The van der Waals surface area contributed by atoms with Gasteiger partial charge in [0.05, 0.1) is 17.4 Å². The van der Waals surface area contributed by atoms with Gasteiger partial charge in [0.15, 0.2) is 0 Å². The van der Waals surface area contributed by atoms with Crippen molar-refractivity contribution in [2.75, 3.05) is 6.54 Å². The normalized spacial score (nSPS) is 11.4. The monoisotopic (exact) mass is 336 g/mol. The highest BCUT2D eigenvalue weighted by Gasteiger charge is 2.20. The minimum absolute atomic E-state index is 0.179. The van der Waals surface area contributed by atoms with Gasteiger partial charge in [-0.15, -0.1) is 0 Å². The molecular weight excluding hydrogens is 320 g/mol. The number of aromatic nitrogens is 2. The van der Waals surface area contributed by atoms with Gasteiger partial charge in [-0.2, -0.15) is 5.10 Å². The highest BCUT2D eigenvalue weighted by molar-refractivity contribution is 9.10. The maximum atomic E-state index is 12.1. The molecule has 0 aliphatic heterocycles. The molecule has 20 heavy (non-hydrogen) atoms. The summed E-state index contributed by atoms with van der Waals surface area (Å²) in [5.74, 6) is -0.179. The second kappa shape index (κ2) is 5.76. The number of rotatable bonds is 4. The summed E-state index contributed by atoms with van der Waals surface area (Å²) in [7, 11) is 0. The van der Waals surface area contributed by atoms with Crippen molar-refractivity contribution in [3.63, 3.8) is 0 Å². The van der Waals surface area contributed by atoms with Crippen LogP contribution in [0.5, 0.6) is 0 Å². The standard InChI is InChI=1S/C14H17BrN4O/c1-14(2,9-16)18-13(20)10-7-17-19(8-10)12-5-3-4-11(15)6-12/h3-8H,9,16H2,1-2H3,(H,18,20). The first kappa shape index (κ1) is 14.7. The Bertz CT molecular complexity index is 621. The molecule has 0 aliphatic carbocycles. The number of amides is 1. The maximum Gasteiger partial charge on any atom is 0.254 e. The van der Waals surface area contributed by atoms with Crippen LogP contribution < -0.4 is 11.1 Å². The van der Waals surface area contributed by atoms with E-state index in [-0.39, 0.29) is 5.91 Å². The molecule has 1 amide bonds. The van der Waals surface area contributed by atoms with Crippen LogP contribution in [0.15, 0.2) is 41.1 Å². The molecule has 1 heterocycles. The molecular formula is C14H17BrN4O. The van der Waals surface area contributed by atoms with E-state index in [1.807, 2.05) is 38.1 Å². The zero-order chi connectivity index (χ0) is 14.8. The van der Waals surface area contributed by atoms with E-state index in [2.05, 4.69) is 26.3 Å². The number of hydrogen-bond acceptors (Lipinski definition) is 3.